The molecule has 7 nitrogen and oxygen atoms in total. The molecule has 0 radical (unpaired) electrons. The Kier molecular flexibility index (Phi) is 8.04. The molecule has 7 heteroatoms. The normalized spacial score (nSPS) is 17.8. The highest BCUT2D eigenvalue weighted by Crippen LogP contribution is 2.20. The van der Waals surface area contributed by atoms with Crippen molar-refractivity contribution in [2.75, 3.05) is 26.2 Å². The molecule has 1 aliphatic heterocycles. The van der Waals surface area contributed by atoms with Crippen molar-refractivity contribution >= 4 is 5.96 Å². The monoisotopic (exact) mass is 398 g/mol. The zero-order valence-corrected chi connectivity index (χ0v) is 17.9. The number of hydrogen-bond donors (Lipinski definition) is 2. The maximum Gasteiger partial charge on any atom is 0.228 e. The summed E-state index contributed by atoms with van der Waals surface area (Å²) in [4.78, 5) is 11.8. The number of hydrogen-bond acceptors (Lipinski definition) is 5. The Morgan fingerprint density at radius 2 is 2.10 bits per heavy atom. The van der Waals surface area contributed by atoms with Gasteiger partial charge in [0.15, 0.2) is 11.8 Å². The van der Waals surface area contributed by atoms with Crippen LogP contribution in [0.15, 0.2) is 39.8 Å². The minimum absolute atomic E-state index is 0.282. The fourth-order valence-corrected chi connectivity index (χ4v) is 3.56. The second kappa shape index (κ2) is 11.0. The molecule has 1 saturated heterocycles. The zero-order valence-electron chi connectivity index (χ0n) is 17.9. The van der Waals surface area contributed by atoms with Gasteiger partial charge in [-0.05, 0) is 31.9 Å². The summed E-state index contributed by atoms with van der Waals surface area (Å²) in [5.41, 5.74) is 1.37. The molecule has 0 aliphatic carbocycles. The number of rotatable bonds is 9. The molecule has 2 heterocycles. The molecule has 1 aromatic carbocycles. The van der Waals surface area contributed by atoms with E-state index >= 15 is 0 Å². The van der Waals surface area contributed by atoms with Crippen LogP contribution in [0.1, 0.15) is 56.8 Å². The highest BCUT2D eigenvalue weighted by atomic mass is 16.5. The summed E-state index contributed by atoms with van der Waals surface area (Å²) in [6.45, 7) is 10.7. The summed E-state index contributed by atoms with van der Waals surface area (Å²) in [7, 11) is 0. The number of nitrogens with one attached hydrogen (secondary N) is 2. The quantitative estimate of drug-likeness (QED) is 0.499. The van der Waals surface area contributed by atoms with E-state index in [-0.39, 0.29) is 5.92 Å². The molecule has 0 amide bonds. The van der Waals surface area contributed by atoms with E-state index in [1.165, 1.54) is 18.4 Å². The molecular weight excluding hydrogens is 364 g/mol. The summed E-state index contributed by atoms with van der Waals surface area (Å²) in [6.07, 6.45) is 3.13. The average Bonchev–Trinajstić information content (AvgIpc) is 3.37. The van der Waals surface area contributed by atoms with Crippen molar-refractivity contribution in [1.82, 2.24) is 25.7 Å². The van der Waals surface area contributed by atoms with E-state index in [1.54, 1.807) is 0 Å². The van der Waals surface area contributed by atoms with Gasteiger partial charge in [-0.1, -0.05) is 49.3 Å². The Balaban J connectivity index is 1.49. The molecule has 1 fully saturated rings. The molecule has 2 N–H and O–H groups in total. The third-order valence-electron chi connectivity index (χ3n) is 5.16. The second-order valence-corrected chi connectivity index (χ2v) is 7.85. The Morgan fingerprint density at radius 3 is 2.83 bits per heavy atom. The first kappa shape index (κ1) is 21.3. The maximum atomic E-state index is 5.31. The highest BCUT2D eigenvalue weighted by Gasteiger charge is 2.24. The average molecular weight is 399 g/mol. The molecule has 0 spiro atoms. The smallest absolute Gasteiger partial charge is 0.228 e. The Bertz CT molecular complexity index is 758. The lowest BCUT2D eigenvalue weighted by molar-refractivity contribution is 0.250. The van der Waals surface area contributed by atoms with Crippen LogP contribution in [-0.4, -0.2) is 53.2 Å². The molecule has 158 valence electrons. The second-order valence-electron chi connectivity index (χ2n) is 7.85. The Morgan fingerprint density at radius 1 is 1.28 bits per heavy atom. The summed E-state index contributed by atoms with van der Waals surface area (Å²) < 4.78 is 5.31. The van der Waals surface area contributed by atoms with Gasteiger partial charge in [0, 0.05) is 38.0 Å². The molecule has 1 atom stereocenters. The maximum absolute atomic E-state index is 5.31. The van der Waals surface area contributed by atoms with E-state index in [9.17, 15) is 0 Å². The van der Waals surface area contributed by atoms with Gasteiger partial charge in [0.1, 0.15) is 0 Å². The summed E-state index contributed by atoms with van der Waals surface area (Å²) >= 11 is 0. The van der Waals surface area contributed by atoms with Crippen LogP contribution in [-0.2, 0) is 13.0 Å². The third-order valence-corrected chi connectivity index (χ3v) is 5.16. The summed E-state index contributed by atoms with van der Waals surface area (Å²) in [5, 5.41) is 10.7. The third kappa shape index (κ3) is 6.56. The first-order valence-corrected chi connectivity index (χ1v) is 10.8. The molecule has 1 aromatic heterocycles. The van der Waals surface area contributed by atoms with E-state index in [0.29, 0.717) is 24.9 Å². The van der Waals surface area contributed by atoms with E-state index in [0.717, 1.165) is 38.0 Å². The standard InChI is InChI=1S/C22H34N6O/c1-4-23-22(24-13-12-20-26-21(17(2)3)27-29-20)25-15-19-11-8-14-28(19)16-18-9-6-5-7-10-18/h5-7,9-10,17,19H,4,8,11-16H2,1-3H3,(H2,23,24,25). The lowest BCUT2D eigenvalue weighted by atomic mass is 10.2. The van der Waals surface area contributed by atoms with Crippen LogP contribution in [0, 0.1) is 0 Å². The van der Waals surface area contributed by atoms with E-state index in [1.807, 2.05) is 0 Å². The highest BCUT2D eigenvalue weighted by molar-refractivity contribution is 5.79. The van der Waals surface area contributed by atoms with Gasteiger partial charge in [-0.15, -0.1) is 0 Å². The molecule has 3 rings (SSSR count). The first-order valence-electron chi connectivity index (χ1n) is 10.8. The molecule has 1 unspecified atom stereocenters. The molecular formula is C22H34N6O. The van der Waals surface area contributed by atoms with E-state index in [2.05, 4.69) is 76.8 Å². The predicted octanol–water partition coefficient (Wildman–Crippen LogP) is 2.96. The van der Waals surface area contributed by atoms with E-state index in [4.69, 9.17) is 9.52 Å². The van der Waals surface area contributed by atoms with Crippen LogP contribution in [0.25, 0.3) is 0 Å². The molecule has 29 heavy (non-hydrogen) atoms. The van der Waals surface area contributed by atoms with Crippen molar-refractivity contribution in [3.63, 3.8) is 0 Å². The lowest BCUT2D eigenvalue weighted by Crippen LogP contribution is -2.40. The molecule has 2 aromatic rings. The minimum Gasteiger partial charge on any atom is -0.357 e. The van der Waals surface area contributed by atoms with Gasteiger partial charge in [0.25, 0.3) is 0 Å². The number of benzene rings is 1. The predicted molar refractivity (Wildman–Crippen MR) is 116 cm³/mol. The largest absolute Gasteiger partial charge is 0.357 e. The molecule has 0 saturated carbocycles. The topological polar surface area (TPSA) is 78.6 Å². The number of guanidine groups is 1. The van der Waals surface area contributed by atoms with Gasteiger partial charge >= 0.3 is 0 Å². The summed E-state index contributed by atoms with van der Waals surface area (Å²) in [5.74, 6) is 2.56. The fourth-order valence-electron chi connectivity index (χ4n) is 3.56. The lowest BCUT2D eigenvalue weighted by Gasteiger charge is -2.23. The van der Waals surface area contributed by atoms with Gasteiger partial charge in [0.2, 0.25) is 5.89 Å². The molecule has 1 aliphatic rings. The van der Waals surface area contributed by atoms with Crippen LogP contribution in [0.3, 0.4) is 0 Å². The van der Waals surface area contributed by atoms with Gasteiger partial charge in [0.05, 0.1) is 6.54 Å². The first-order chi connectivity index (χ1) is 14.2. The van der Waals surface area contributed by atoms with Crippen LogP contribution in [0.4, 0.5) is 0 Å². The van der Waals surface area contributed by atoms with Gasteiger partial charge < -0.3 is 15.2 Å². The zero-order chi connectivity index (χ0) is 20.5. The van der Waals surface area contributed by atoms with Gasteiger partial charge in [-0.25, -0.2) is 0 Å². The van der Waals surface area contributed by atoms with Crippen molar-refractivity contribution in [2.45, 2.75) is 58.5 Å². The van der Waals surface area contributed by atoms with Crippen molar-refractivity contribution in [3.8, 4) is 0 Å². The van der Waals surface area contributed by atoms with Crippen LogP contribution < -0.4 is 10.6 Å². The van der Waals surface area contributed by atoms with Crippen molar-refractivity contribution in [3.05, 3.63) is 47.6 Å². The Labute approximate surface area is 174 Å². The number of nitrogens with zero attached hydrogens (tertiary/aromatic N) is 4. The Hall–Kier alpha value is -2.41. The van der Waals surface area contributed by atoms with E-state index < -0.39 is 0 Å². The fraction of sp³-hybridized carbons (Fsp3) is 0.591. The van der Waals surface area contributed by atoms with Crippen LogP contribution in [0.2, 0.25) is 0 Å². The van der Waals surface area contributed by atoms with Crippen LogP contribution >= 0.6 is 0 Å². The van der Waals surface area contributed by atoms with Crippen molar-refractivity contribution < 1.29 is 4.52 Å². The number of aromatic nitrogens is 2. The van der Waals surface area contributed by atoms with Crippen LogP contribution in [0.5, 0.6) is 0 Å². The van der Waals surface area contributed by atoms with Gasteiger partial charge in [-0.3, -0.25) is 9.89 Å². The number of likely N-dealkylation sites (tertiary alicyclic amines) is 1. The minimum atomic E-state index is 0.282. The SMILES string of the molecule is CCNC(=NCC1CCCN1Cc1ccccc1)NCCc1nc(C(C)C)no1. The summed E-state index contributed by atoms with van der Waals surface area (Å²) in [6, 6.07) is 11.2. The van der Waals surface area contributed by atoms with Gasteiger partial charge in [-0.2, -0.15) is 4.98 Å². The molecule has 0 bridgehead atoms. The number of aliphatic imine (C=N–C) groups is 1. The van der Waals surface area contributed by atoms with Crippen molar-refractivity contribution in [2.24, 2.45) is 4.99 Å². The van der Waals surface area contributed by atoms with Crippen molar-refractivity contribution in [1.29, 1.82) is 0 Å².